The summed E-state index contributed by atoms with van der Waals surface area (Å²) in [6.45, 7) is 5.74. The molecule has 0 bridgehead atoms. The van der Waals surface area contributed by atoms with Crippen LogP contribution in [-0.2, 0) is 15.8 Å². The Hall–Kier alpha value is -1.00. The van der Waals surface area contributed by atoms with Crippen LogP contribution in [0.3, 0.4) is 0 Å². The van der Waals surface area contributed by atoms with Crippen LogP contribution in [0.15, 0.2) is 29.2 Å². The number of nitrogens with one attached hydrogen (secondary N) is 1. The maximum absolute atomic E-state index is 12.3. The number of ketones is 1. The highest BCUT2D eigenvalue weighted by atomic mass is 32.2. The molecule has 1 aromatic carbocycles. The summed E-state index contributed by atoms with van der Waals surface area (Å²) in [6.07, 6.45) is 4.69. The summed E-state index contributed by atoms with van der Waals surface area (Å²) in [6, 6.07) is 7.64. The topological polar surface area (TPSA) is 46.2 Å². The quantitative estimate of drug-likeness (QED) is 0.708. The lowest BCUT2D eigenvalue weighted by Gasteiger charge is -2.16. The van der Waals surface area contributed by atoms with Crippen LogP contribution in [0.2, 0.25) is 0 Å². The van der Waals surface area contributed by atoms with Crippen molar-refractivity contribution in [2.45, 2.75) is 63.8 Å². The molecular weight excluding hydrogens is 270 g/mol. The largest absolute Gasteiger partial charge is 0.300 e. The van der Waals surface area contributed by atoms with Gasteiger partial charge in [-0.15, -0.1) is 0 Å². The highest BCUT2D eigenvalue weighted by molar-refractivity contribution is 7.83. The van der Waals surface area contributed by atoms with Gasteiger partial charge in [0.2, 0.25) is 0 Å². The first-order valence-electron chi connectivity index (χ1n) is 7.27. The first-order chi connectivity index (χ1) is 9.52. The zero-order valence-electron chi connectivity index (χ0n) is 12.6. The molecule has 0 saturated carbocycles. The van der Waals surface area contributed by atoms with Crippen LogP contribution >= 0.6 is 0 Å². The molecular formula is C16H25NO2S. The van der Waals surface area contributed by atoms with Crippen LogP contribution in [0.4, 0.5) is 0 Å². The molecule has 0 aliphatic rings. The van der Waals surface area contributed by atoms with E-state index in [1.165, 1.54) is 0 Å². The fraction of sp³-hybridized carbons (Fsp3) is 0.562. The third kappa shape index (κ3) is 6.44. The molecule has 3 nitrogen and oxygen atoms in total. The Labute approximate surface area is 124 Å². The second kappa shape index (κ2) is 9.03. The molecule has 0 aliphatic heterocycles. The molecule has 1 rings (SSSR count). The van der Waals surface area contributed by atoms with E-state index in [0.29, 0.717) is 6.42 Å². The van der Waals surface area contributed by atoms with Crippen molar-refractivity contribution in [3.63, 3.8) is 0 Å². The van der Waals surface area contributed by atoms with Gasteiger partial charge in [0.15, 0.2) is 0 Å². The highest BCUT2D eigenvalue weighted by Gasteiger charge is 2.14. The SMILES string of the molecule is CCCCC[C@@H](CC(C)=O)N[S@@](=O)c1ccc(C)cc1. The molecule has 1 N–H and O–H groups in total. The van der Waals surface area contributed by atoms with E-state index in [1.54, 1.807) is 6.92 Å². The van der Waals surface area contributed by atoms with E-state index in [2.05, 4.69) is 11.6 Å². The Morgan fingerprint density at radius 2 is 1.90 bits per heavy atom. The monoisotopic (exact) mass is 295 g/mol. The van der Waals surface area contributed by atoms with Crippen molar-refractivity contribution >= 4 is 16.8 Å². The number of hydrogen-bond donors (Lipinski definition) is 1. The number of rotatable bonds is 9. The van der Waals surface area contributed by atoms with Crippen molar-refractivity contribution in [2.24, 2.45) is 0 Å². The molecule has 0 aromatic heterocycles. The van der Waals surface area contributed by atoms with Gasteiger partial charge in [0, 0.05) is 12.5 Å². The molecule has 112 valence electrons. The van der Waals surface area contributed by atoms with Crippen LogP contribution in [0, 0.1) is 6.92 Å². The maximum atomic E-state index is 12.3. The minimum atomic E-state index is -1.25. The number of carbonyl (C=O) groups excluding carboxylic acids is 1. The zero-order valence-corrected chi connectivity index (χ0v) is 13.5. The van der Waals surface area contributed by atoms with Gasteiger partial charge in [0.05, 0.1) is 4.90 Å². The highest BCUT2D eigenvalue weighted by Crippen LogP contribution is 2.12. The van der Waals surface area contributed by atoms with Crippen LogP contribution in [0.5, 0.6) is 0 Å². The van der Waals surface area contributed by atoms with Crippen LogP contribution < -0.4 is 4.72 Å². The number of carbonyl (C=O) groups is 1. The Morgan fingerprint density at radius 3 is 2.45 bits per heavy atom. The smallest absolute Gasteiger partial charge is 0.131 e. The normalized spacial score (nSPS) is 13.9. The van der Waals surface area contributed by atoms with Gasteiger partial charge in [-0.05, 0) is 32.4 Å². The zero-order chi connectivity index (χ0) is 15.0. The molecule has 2 atom stereocenters. The van der Waals surface area contributed by atoms with Crippen molar-refractivity contribution in [1.29, 1.82) is 0 Å². The first-order valence-corrected chi connectivity index (χ1v) is 8.42. The summed E-state index contributed by atoms with van der Waals surface area (Å²) in [5.41, 5.74) is 1.15. The molecule has 0 saturated heterocycles. The minimum Gasteiger partial charge on any atom is -0.300 e. The van der Waals surface area contributed by atoms with Crippen molar-refractivity contribution in [3.8, 4) is 0 Å². The summed E-state index contributed by atoms with van der Waals surface area (Å²) in [5.74, 6) is 0.139. The molecule has 0 unspecified atom stereocenters. The second-order valence-corrected chi connectivity index (χ2v) is 6.54. The van der Waals surface area contributed by atoms with E-state index in [0.717, 1.165) is 36.1 Å². The molecule has 20 heavy (non-hydrogen) atoms. The standard InChI is InChI=1S/C16H25NO2S/c1-4-5-6-7-15(12-14(3)18)17-20(19)16-10-8-13(2)9-11-16/h8-11,15,17H,4-7,12H2,1-3H3/t15-,20-/m0/s1. The van der Waals surface area contributed by atoms with Gasteiger partial charge in [0.25, 0.3) is 0 Å². The molecule has 0 radical (unpaired) electrons. The Bertz CT molecular complexity index is 442. The predicted molar refractivity (Wildman–Crippen MR) is 84.0 cm³/mol. The van der Waals surface area contributed by atoms with Crippen molar-refractivity contribution in [1.82, 2.24) is 4.72 Å². The van der Waals surface area contributed by atoms with Crippen molar-refractivity contribution in [2.75, 3.05) is 0 Å². The summed E-state index contributed by atoms with van der Waals surface area (Å²) in [4.78, 5) is 12.1. The molecule has 0 heterocycles. The fourth-order valence-corrected chi connectivity index (χ4v) is 3.09. The Balaban J connectivity index is 2.60. The summed E-state index contributed by atoms with van der Waals surface area (Å²) >= 11 is 0. The van der Waals surface area contributed by atoms with Gasteiger partial charge in [-0.3, -0.25) is 4.79 Å². The summed E-state index contributed by atoms with van der Waals surface area (Å²) < 4.78 is 15.4. The van der Waals surface area contributed by atoms with Crippen molar-refractivity contribution in [3.05, 3.63) is 29.8 Å². The van der Waals surface area contributed by atoms with E-state index in [1.807, 2.05) is 31.2 Å². The lowest BCUT2D eigenvalue weighted by molar-refractivity contribution is -0.117. The first kappa shape index (κ1) is 17.1. The fourth-order valence-electron chi connectivity index (χ4n) is 2.07. The predicted octanol–water partition coefficient (Wildman–Crippen LogP) is 3.54. The maximum Gasteiger partial charge on any atom is 0.131 e. The number of benzene rings is 1. The average molecular weight is 295 g/mol. The van der Waals surface area contributed by atoms with Gasteiger partial charge in [-0.1, -0.05) is 43.9 Å². The average Bonchev–Trinajstić information content (AvgIpc) is 2.38. The van der Waals surface area contributed by atoms with E-state index in [-0.39, 0.29) is 11.8 Å². The van der Waals surface area contributed by atoms with Crippen molar-refractivity contribution < 1.29 is 9.00 Å². The third-order valence-corrected chi connectivity index (χ3v) is 4.45. The Kier molecular flexibility index (Phi) is 7.70. The molecule has 0 fully saturated rings. The van der Waals surface area contributed by atoms with E-state index in [4.69, 9.17) is 0 Å². The van der Waals surface area contributed by atoms with Gasteiger partial charge in [-0.2, -0.15) is 0 Å². The van der Waals surface area contributed by atoms with Gasteiger partial charge in [0.1, 0.15) is 16.8 Å². The molecule has 0 spiro atoms. The van der Waals surface area contributed by atoms with Gasteiger partial charge >= 0.3 is 0 Å². The number of aryl methyl sites for hydroxylation is 1. The lowest BCUT2D eigenvalue weighted by atomic mass is 10.0. The van der Waals surface area contributed by atoms with Gasteiger partial charge in [-0.25, -0.2) is 8.93 Å². The van der Waals surface area contributed by atoms with Crippen LogP contribution in [0.1, 0.15) is 51.5 Å². The number of unbranched alkanes of at least 4 members (excludes halogenated alkanes) is 2. The molecule has 0 amide bonds. The van der Waals surface area contributed by atoms with Gasteiger partial charge < -0.3 is 0 Å². The molecule has 0 aliphatic carbocycles. The summed E-state index contributed by atoms with van der Waals surface area (Å²) in [5, 5.41) is 0. The minimum absolute atomic E-state index is 0.00110. The van der Waals surface area contributed by atoms with E-state index >= 15 is 0 Å². The third-order valence-electron chi connectivity index (χ3n) is 3.20. The molecule has 1 aromatic rings. The summed E-state index contributed by atoms with van der Waals surface area (Å²) in [7, 11) is -1.25. The lowest BCUT2D eigenvalue weighted by Crippen LogP contribution is -2.32. The second-order valence-electron chi connectivity index (χ2n) is 5.30. The van der Waals surface area contributed by atoms with Crippen LogP contribution in [-0.4, -0.2) is 16.0 Å². The Morgan fingerprint density at radius 1 is 1.25 bits per heavy atom. The van der Waals surface area contributed by atoms with Crippen LogP contribution in [0.25, 0.3) is 0 Å². The van der Waals surface area contributed by atoms with E-state index in [9.17, 15) is 9.00 Å². The number of hydrogen-bond acceptors (Lipinski definition) is 2. The number of Topliss-reactive ketones (excluding diaryl/α,β-unsaturated/α-hetero) is 1. The molecule has 4 heteroatoms. The van der Waals surface area contributed by atoms with E-state index < -0.39 is 11.0 Å².